The van der Waals surface area contributed by atoms with Crippen molar-refractivity contribution in [1.82, 2.24) is 4.90 Å². The number of nitrogens with zero attached hydrogens (tertiary/aromatic N) is 2. The van der Waals surface area contributed by atoms with Crippen LogP contribution in [0.2, 0.25) is 0 Å². The normalized spacial score (nSPS) is 20.3. The highest BCUT2D eigenvalue weighted by Gasteiger charge is 2.40. The number of aliphatic hydroxyl groups excluding tert-OH is 1. The minimum atomic E-state index is -0.989. The smallest absolute Gasteiger partial charge is 0.306 e. The van der Waals surface area contributed by atoms with Crippen LogP contribution in [0.5, 0.6) is 0 Å². The second kappa shape index (κ2) is 9.41. The quantitative estimate of drug-likeness (QED) is 0.590. The maximum absolute atomic E-state index is 13.4. The van der Waals surface area contributed by atoms with E-state index < -0.39 is 29.6 Å². The topological polar surface area (TPSA) is 107 Å². The molecule has 1 aromatic rings. The highest BCUT2D eigenvalue weighted by Crippen LogP contribution is 2.29. The molecule has 0 bridgehead atoms. The molecule has 4 N–H and O–H groups in total. The first-order chi connectivity index (χ1) is 13.8. The molecule has 0 unspecified atom stereocenters. The molecule has 1 saturated heterocycles. The van der Waals surface area contributed by atoms with Gasteiger partial charge in [-0.3, -0.25) is 14.5 Å². The Labute approximate surface area is 177 Å². The van der Waals surface area contributed by atoms with Gasteiger partial charge >= 0.3 is 5.97 Å². The number of carboxylic acid groups (broad SMARTS) is 1. The van der Waals surface area contributed by atoms with Crippen molar-refractivity contribution in [3.8, 4) is 0 Å². The molecule has 0 spiro atoms. The largest absolute Gasteiger partial charge is 0.481 e. The monoisotopic (exact) mass is 423 g/mol. The number of amides is 1. The van der Waals surface area contributed by atoms with Crippen LogP contribution in [-0.2, 0) is 9.59 Å². The summed E-state index contributed by atoms with van der Waals surface area (Å²) >= 11 is 0. The number of aryl methyl sites for hydroxylation is 1. The predicted octanol–water partition coefficient (Wildman–Crippen LogP) is 2.00. The van der Waals surface area contributed by atoms with Crippen LogP contribution in [0.25, 0.3) is 0 Å². The summed E-state index contributed by atoms with van der Waals surface area (Å²) in [4.78, 5) is 27.8. The fourth-order valence-corrected chi connectivity index (χ4v) is 3.96. The van der Waals surface area contributed by atoms with E-state index in [-0.39, 0.29) is 37.2 Å². The Bertz CT molecular complexity index is 784. The molecule has 0 aliphatic carbocycles. The number of hydrogen-bond acceptors (Lipinski definition) is 5. The van der Waals surface area contributed by atoms with Gasteiger partial charge in [0.05, 0.1) is 18.6 Å². The van der Waals surface area contributed by atoms with Crippen LogP contribution >= 0.6 is 0 Å². The third kappa shape index (κ3) is 5.56. The van der Waals surface area contributed by atoms with Gasteiger partial charge in [0.2, 0.25) is 5.91 Å². The van der Waals surface area contributed by atoms with E-state index in [1.54, 1.807) is 31.7 Å². The van der Waals surface area contributed by atoms with E-state index in [1.165, 1.54) is 12.1 Å². The summed E-state index contributed by atoms with van der Waals surface area (Å²) in [7, 11) is 0. The van der Waals surface area contributed by atoms with E-state index in [4.69, 9.17) is 5.73 Å². The second-order valence-electron chi connectivity index (χ2n) is 9.26. The molecule has 1 aromatic carbocycles. The van der Waals surface area contributed by atoms with Gasteiger partial charge in [-0.05, 0) is 56.9 Å². The number of piperazine rings is 1. The van der Waals surface area contributed by atoms with Crippen molar-refractivity contribution in [3.63, 3.8) is 0 Å². The predicted molar refractivity (Wildman–Crippen MR) is 114 cm³/mol. The van der Waals surface area contributed by atoms with E-state index in [2.05, 4.69) is 0 Å². The number of halogens is 1. The second-order valence-corrected chi connectivity index (χ2v) is 9.26. The summed E-state index contributed by atoms with van der Waals surface area (Å²) in [5.41, 5.74) is 7.13. The molecule has 168 valence electrons. The van der Waals surface area contributed by atoms with Crippen molar-refractivity contribution in [3.05, 3.63) is 29.6 Å². The fraction of sp³-hybridized carbons (Fsp3) is 0.636. The molecule has 30 heavy (non-hydrogen) atoms. The molecule has 0 radical (unpaired) electrons. The maximum atomic E-state index is 13.4. The lowest BCUT2D eigenvalue weighted by molar-refractivity contribution is -0.144. The number of aliphatic hydroxyl groups is 1. The Morgan fingerprint density at radius 3 is 2.50 bits per heavy atom. The van der Waals surface area contributed by atoms with Crippen LogP contribution in [0.4, 0.5) is 10.1 Å². The Balaban J connectivity index is 2.09. The molecule has 1 fully saturated rings. The Morgan fingerprint density at radius 2 is 1.97 bits per heavy atom. The summed E-state index contributed by atoms with van der Waals surface area (Å²) in [6.07, 6.45) is -0.922. The van der Waals surface area contributed by atoms with Gasteiger partial charge in [0, 0.05) is 30.4 Å². The van der Waals surface area contributed by atoms with E-state index in [9.17, 15) is 24.2 Å². The summed E-state index contributed by atoms with van der Waals surface area (Å²) in [5, 5.41) is 19.9. The molecule has 1 amide bonds. The zero-order chi connectivity index (χ0) is 22.8. The van der Waals surface area contributed by atoms with Crippen LogP contribution in [0.1, 0.15) is 39.7 Å². The van der Waals surface area contributed by atoms with E-state index in [0.717, 1.165) is 0 Å². The van der Waals surface area contributed by atoms with E-state index in [1.807, 2.05) is 18.7 Å². The zero-order valence-corrected chi connectivity index (χ0v) is 18.4. The summed E-state index contributed by atoms with van der Waals surface area (Å²) in [6.45, 7) is 10.1. The molecule has 1 heterocycles. The minimum absolute atomic E-state index is 0.0667. The Kier molecular flexibility index (Phi) is 7.60. The van der Waals surface area contributed by atoms with Gasteiger partial charge in [0.15, 0.2) is 0 Å². The van der Waals surface area contributed by atoms with Crippen LogP contribution < -0.4 is 10.6 Å². The number of aliphatic carboxylic acids is 1. The lowest BCUT2D eigenvalue weighted by Crippen LogP contribution is -2.64. The van der Waals surface area contributed by atoms with Gasteiger partial charge in [-0.1, -0.05) is 13.8 Å². The molecule has 3 atom stereocenters. The van der Waals surface area contributed by atoms with Gasteiger partial charge in [0.1, 0.15) is 5.82 Å². The molecule has 0 saturated carbocycles. The lowest BCUT2D eigenvalue weighted by Gasteiger charge is -2.48. The Hall–Kier alpha value is -2.03. The number of nitrogens with two attached hydrogens (primary N) is 1. The first-order valence-corrected chi connectivity index (χ1v) is 10.3. The highest BCUT2D eigenvalue weighted by atomic mass is 19.1. The van der Waals surface area contributed by atoms with Gasteiger partial charge < -0.3 is 20.8 Å². The SMILES string of the molecule is Cc1cc(F)ccc1N1CC(C)(C)N(C[C@H](N)[C@@H](O)C[C@H](C(=O)O)C(C)C)CC1=O. The van der Waals surface area contributed by atoms with Gasteiger partial charge in [0.25, 0.3) is 0 Å². The first-order valence-electron chi connectivity index (χ1n) is 10.3. The van der Waals surface area contributed by atoms with Crippen LogP contribution in [0, 0.1) is 24.6 Å². The third-order valence-electron chi connectivity index (χ3n) is 6.02. The number of carboxylic acids is 1. The summed E-state index contributed by atoms with van der Waals surface area (Å²) < 4.78 is 13.4. The number of anilines is 1. The average Bonchev–Trinajstić information content (AvgIpc) is 2.62. The number of benzene rings is 1. The van der Waals surface area contributed by atoms with E-state index in [0.29, 0.717) is 17.8 Å². The van der Waals surface area contributed by atoms with Crippen LogP contribution in [0.15, 0.2) is 18.2 Å². The molecular weight excluding hydrogens is 389 g/mol. The van der Waals surface area contributed by atoms with Gasteiger partial charge in [-0.15, -0.1) is 0 Å². The fourth-order valence-electron chi connectivity index (χ4n) is 3.96. The molecule has 7 nitrogen and oxygen atoms in total. The number of carbonyl (C=O) groups is 2. The maximum Gasteiger partial charge on any atom is 0.306 e. The number of rotatable bonds is 8. The first kappa shape index (κ1) is 24.2. The standard InChI is InChI=1S/C22H34FN3O4/c1-13(2)16(21(29)30)9-19(27)17(24)10-25-11-20(28)26(12-22(25,4)5)18-7-6-15(23)8-14(18)3/h6-8,13,16-17,19,27H,9-12,24H2,1-5H3,(H,29,30)/t16-,17-,19-/m0/s1. The highest BCUT2D eigenvalue weighted by molar-refractivity contribution is 5.96. The molecule has 0 aromatic heterocycles. The van der Waals surface area contributed by atoms with Crippen LogP contribution in [-0.4, -0.2) is 64.3 Å². The van der Waals surface area contributed by atoms with Gasteiger partial charge in [-0.2, -0.15) is 0 Å². The van der Waals surface area contributed by atoms with E-state index >= 15 is 0 Å². The molecule has 2 rings (SSSR count). The lowest BCUT2D eigenvalue weighted by atomic mass is 9.87. The van der Waals surface area contributed by atoms with Crippen molar-refractivity contribution in [2.24, 2.45) is 17.6 Å². The average molecular weight is 424 g/mol. The molecule has 1 aliphatic rings. The Morgan fingerprint density at radius 1 is 1.33 bits per heavy atom. The van der Waals surface area contributed by atoms with Crippen LogP contribution in [0.3, 0.4) is 0 Å². The van der Waals surface area contributed by atoms with Gasteiger partial charge in [-0.25, -0.2) is 4.39 Å². The molecular formula is C22H34FN3O4. The molecule has 1 aliphatic heterocycles. The molecule has 8 heteroatoms. The number of carbonyl (C=O) groups excluding carboxylic acids is 1. The van der Waals surface area contributed by atoms with Crippen molar-refractivity contribution >= 4 is 17.6 Å². The van der Waals surface area contributed by atoms with Crippen molar-refractivity contribution in [2.45, 2.75) is 58.7 Å². The zero-order valence-electron chi connectivity index (χ0n) is 18.4. The minimum Gasteiger partial charge on any atom is -0.481 e. The number of hydrogen-bond donors (Lipinski definition) is 3. The van der Waals surface area contributed by atoms with Crippen molar-refractivity contribution in [2.75, 3.05) is 24.5 Å². The van der Waals surface area contributed by atoms with Crippen molar-refractivity contribution < 1.29 is 24.2 Å². The third-order valence-corrected chi connectivity index (χ3v) is 6.02. The van der Waals surface area contributed by atoms with Crippen molar-refractivity contribution in [1.29, 1.82) is 0 Å². The summed E-state index contributed by atoms with van der Waals surface area (Å²) in [6, 6.07) is 3.68. The summed E-state index contributed by atoms with van der Waals surface area (Å²) in [5.74, 6) is -2.22.